The quantitative estimate of drug-likeness (QED) is 0.346. The van der Waals surface area contributed by atoms with Gasteiger partial charge in [0.25, 0.3) is 0 Å². The van der Waals surface area contributed by atoms with Crippen LogP contribution in [0.2, 0.25) is 5.02 Å². The van der Waals surface area contributed by atoms with Gasteiger partial charge < -0.3 is 4.74 Å². The molecule has 0 bridgehead atoms. The summed E-state index contributed by atoms with van der Waals surface area (Å²) in [6.45, 7) is 0. The van der Waals surface area contributed by atoms with Gasteiger partial charge in [0.05, 0.1) is 24.1 Å². The lowest BCUT2D eigenvalue weighted by atomic mass is 9.99. The first-order valence-electron chi connectivity index (χ1n) is 10.0. The predicted molar refractivity (Wildman–Crippen MR) is 129 cm³/mol. The molecule has 0 aliphatic carbocycles. The lowest BCUT2D eigenvalue weighted by Gasteiger charge is -2.14. The first kappa shape index (κ1) is 22.5. The Balaban J connectivity index is 1.92. The van der Waals surface area contributed by atoms with Gasteiger partial charge in [-0.25, -0.2) is 13.4 Å². The van der Waals surface area contributed by atoms with E-state index in [2.05, 4.69) is 11.1 Å². The number of ether oxygens (including phenoxy) is 1. The summed E-state index contributed by atoms with van der Waals surface area (Å²) in [5, 5.41) is 10.2. The van der Waals surface area contributed by atoms with Gasteiger partial charge in [0.1, 0.15) is 11.8 Å². The second-order valence-electron chi connectivity index (χ2n) is 7.33. The van der Waals surface area contributed by atoms with Crippen molar-refractivity contribution in [1.29, 1.82) is 5.26 Å². The van der Waals surface area contributed by atoms with E-state index in [1.807, 2.05) is 30.3 Å². The molecule has 0 aliphatic heterocycles. The number of benzene rings is 3. The number of sulfone groups is 1. The average molecular weight is 475 g/mol. The van der Waals surface area contributed by atoms with Crippen LogP contribution in [-0.4, -0.2) is 20.5 Å². The highest BCUT2D eigenvalue weighted by atomic mass is 35.5. The summed E-state index contributed by atoms with van der Waals surface area (Å²) in [4.78, 5) is 4.46. The van der Waals surface area contributed by atoms with Gasteiger partial charge in [0.15, 0.2) is 5.03 Å². The minimum absolute atomic E-state index is 0.0208. The summed E-state index contributed by atoms with van der Waals surface area (Å²) in [6, 6.07) is 26.8. The molecular weight excluding hydrogens is 456 g/mol. The summed E-state index contributed by atoms with van der Waals surface area (Å²) in [6.07, 6.45) is 0. The Morgan fingerprint density at radius 2 is 1.61 bits per heavy atom. The average Bonchev–Trinajstić information content (AvgIpc) is 2.85. The van der Waals surface area contributed by atoms with Crippen LogP contribution < -0.4 is 4.74 Å². The standard InChI is InChI=1S/C26H19ClN2O3S/c1-32-22-13-9-20(10-14-22)25-15-23(19-5-3-2-4-6-19)24(16-28)26(29-25)33(30,31)17-18-7-11-21(27)12-8-18/h2-15H,17H2,1H3. The molecule has 0 radical (unpaired) electrons. The Morgan fingerprint density at radius 3 is 2.21 bits per heavy atom. The number of rotatable bonds is 6. The maximum atomic E-state index is 13.5. The number of hydrogen-bond donors (Lipinski definition) is 0. The van der Waals surface area contributed by atoms with Gasteiger partial charge in [-0.3, -0.25) is 0 Å². The highest BCUT2D eigenvalue weighted by Crippen LogP contribution is 2.33. The number of nitriles is 1. The van der Waals surface area contributed by atoms with E-state index in [4.69, 9.17) is 16.3 Å². The summed E-state index contributed by atoms with van der Waals surface area (Å²) in [5.74, 6) is 0.373. The van der Waals surface area contributed by atoms with Gasteiger partial charge in [-0.2, -0.15) is 5.26 Å². The summed E-state index contributed by atoms with van der Waals surface area (Å²) in [7, 11) is -2.37. The molecule has 0 saturated heterocycles. The Bertz CT molecular complexity index is 1430. The Kier molecular flexibility index (Phi) is 6.45. The fraction of sp³-hybridized carbons (Fsp3) is 0.0769. The molecule has 0 amide bonds. The zero-order chi connectivity index (χ0) is 23.4. The third-order valence-electron chi connectivity index (χ3n) is 5.13. The maximum Gasteiger partial charge on any atom is 0.201 e. The molecule has 1 heterocycles. The molecule has 5 nitrogen and oxygen atoms in total. The van der Waals surface area contributed by atoms with Crippen LogP contribution in [0.1, 0.15) is 11.1 Å². The van der Waals surface area contributed by atoms with Crippen LogP contribution in [0.5, 0.6) is 5.75 Å². The third kappa shape index (κ3) is 4.90. The zero-order valence-corrected chi connectivity index (χ0v) is 19.3. The third-order valence-corrected chi connectivity index (χ3v) is 6.98. The normalized spacial score (nSPS) is 11.1. The number of methoxy groups -OCH3 is 1. The van der Waals surface area contributed by atoms with Crippen LogP contribution in [0.3, 0.4) is 0 Å². The van der Waals surface area contributed by atoms with Crippen molar-refractivity contribution in [1.82, 2.24) is 4.98 Å². The zero-order valence-electron chi connectivity index (χ0n) is 17.7. The van der Waals surface area contributed by atoms with E-state index in [9.17, 15) is 13.7 Å². The second-order valence-corrected chi connectivity index (χ2v) is 9.67. The summed E-state index contributed by atoms with van der Waals surface area (Å²) >= 11 is 5.93. The Hall–Kier alpha value is -3.66. The molecule has 33 heavy (non-hydrogen) atoms. The van der Waals surface area contributed by atoms with Gasteiger partial charge in [-0.05, 0) is 53.6 Å². The molecule has 4 rings (SSSR count). The lowest BCUT2D eigenvalue weighted by Crippen LogP contribution is -2.11. The van der Waals surface area contributed by atoms with Crippen LogP contribution in [0.25, 0.3) is 22.4 Å². The van der Waals surface area contributed by atoms with Crippen molar-refractivity contribution >= 4 is 21.4 Å². The van der Waals surface area contributed by atoms with Crippen LogP contribution in [0, 0.1) is 11.3 Å². The number of halogens is 1. The number of pyridine rings is 1. The molecule has 0 N–H and O–H groups in total. The summed E-state index contributed by atoms with van der Waals surface area (Å²) in [5.41, 5.74) is 2.97. The number of hydrogen-bond acceptors (Lipinski definition) is 5. The largest absolute Gasteiger partial charge is 0.497 e. The molecule has 7 heteroatoms. The molecule has 0 saturated carbocycles. The molecule has 1 aromatic heterocycles. The fourth-order valence-corrected chi connectivity index (χ4v) is 5.08. The van der Waals surface area contributed by atoms with Crippen molar-refractivity contribution in [3.8, 4) is 34.2 Å². The second kappa shape index (κ2) is 9.45. The van der Waals surface area contributed by atoms with Crippen LogP contribution in [0.15, 0.2) is 90.0 Å². The molecule has 3 aromatic carbocycles. The SMILES string of the molecule is COc1ccc(-c2cc(-c3ccccc3)c(C#N)c(S(=O)(=O)Cc3ccc(Cl)cc3)n2)cc1. The highest BCUT2D eigenvalue weighted by molar-refractivity contribution is 7.90. The van der Waals surface area contributed by atoms with Crippen LogP contribution >= 0.6 is 11.6 Å². The van der Waals surface area contributed by atoms with E-state index >= 15 is 0 Å². The lowest BCUT2D eigenvalue weighted by molar-refractivity contribution is 0.415. The first-order valence-corrected chi connectivity index (χ1v) is 12.1. The van der Waals surface area contributed by atoms with Crippen molar-refractivity contribution in [2.24, 2.45) is 0 Å². The molecular formula is C26H19ClN2O3S. The highest BCUT2D eigenvalue weighted by Gasteiger charge is 2.26. The molecule has 0 unspecified atom stereocenters. The Labute approximate surface area is 197 Å². The molecule has 164 valence electrons. The van der Waals surface area contributed by atoms with Gasteiger partial charge in [0.2, 0.25) is 9.84 Å². The van der Waals surface area contributed by atoms with Crippen LogP contribution in [-0.2, 0) is 15.6 Å². The van der Waals surface area contributed by atoms with E-state index in [0.717, 1.165) is 5.56 Å². The fourth-order valence-electron chi connectivity index (χ4n) is 3.48. The van der Waals surface area contributed by atoms with Gasteiger partial charge >= 0.3 is 0 Å². The maximum absolute atomic E-state index is 13.5. The van der Waals surface area contributed by atoms with E-state index in [0.29, 0.717) is 33.2 Å². The van der Waals surface area contributed by atoms with Crippen LogP contribution in [0.4, 0.5) is 0 Å². The van der Waals surface area contributed by atoms with Crippen molar-refractivity contribution in [3.63, 3.8) is 0 Å². The van der Waals surface area contributed by atoms with E-state index in [-0.39, 0.29) is 16.3 Å². The molecule has 0 atom stereocenters. The monoisotopic (exact) mass is 474 g/mol. The van der Waals surface area contributed by atoms with Gasteiger partial charge in [-0.15, -0.1) is 0 Å². The van der Waals surface area contributed by atoms with Gasteiger partial charge in [-0.1, -0.05) is 54.1 Å². The minimum Gasteiger partial charge on any atom is -0.497 e. The minimum atomic E-state index is -3.94. The van der Waals surface area contributed by atoms with E-state index in [1.165, 1.54) is 0 Å². The molecule has 4 aromatic rings. The van der Waals surface area contributed by atoms with Crippen molar-refractivity contribution < 1.29 is 13.2 Å². The van der Waals surface area contributed by atoms with E-state index < -0.39 is 9.84 Å². The van der Waals surface area contributed by atoms with Crippen molar-refractivity contribution in [2.45, 2.75) is 10.8 Å². The van der Waals surface area contributed by atoms with E-state index in [1.54, 1.807) is 61.7 Å². The summed E-state index contributed by atoms with van der Waals surface area (Å²) < 4.78 is 32.2. The predicted octanol–water partition coefficient (Wildman–Crippen LogP) is 5.92. The van der Waals surface area contributed by atoms with Crippen molar-refractivity contribution in [3.05, 3.63) is 101 Å². The number of aromatic nitrogens is 1. The van der Waals surface area contributed by atoms with Crippen molar-refractivity contribution in [2.75, 3.05) is 7.11 Å². The number of nitrogens with zero attached hydrogens (tertiary/aromatic N) is 2. The smallest absolute Gasteiger partial charge is 0.201 e. The Morgan fingerprint density at radius 1 is 0.939 bits per heavy atom. The topological polar surface area (TPSA) is 80.0 Å². The van der Waals surface area contributed by atoms with Gasteiger partial charge in [0, 0.05) is 16.1 Å². The molecule has 0 fully saturated rings. The molecule has 0 spiro atoms. The molecule has 0 aliphatic rings. The first-order chi connectivity index (χ1) is 15.9.